The van der Waals surface area contributed by atoms with Gasteiger partial charge >= 0.3 is 24.8 Å². The average Bonchev–Trinajstić information content (AvgIpc) is 1.69. The fraction of sp³-hybridized carbons (Fsp3) is 0. The fourth-order valence-electron chi connectivity index (χ4n) is 0.0474. The molecule has 0 amide bonds. The van der Waals surface area contributed by atoms with Crippen LogP contribution in [0.15, 0.2) is 0 Å². The maximum absolute atomic E-state index is 7.61. The summed E-state index contributed by atoms with van der Waals surface area (Å²) in [6.45, 7) is 0. The Kier molecular flexibility index (Phi) is 11.6. The van der Waals surface area contributed by atoms with Crippen molar-refractivity contribution in [2.24, 2.45) is 0 Å². The normalized spacial score (nSPS) is 4.75. The van der Waals surface area contributed by atoms with Gasteiger partial charge in [-0.25, -0.2) is 0 Å². The largest absolute Gasteiger partial charge is 0.344 e. The molecule has 0 saturated carbocycles. The molecule has 0 radical (unpaired) electrons. The molecule has 0 atom stereocenters. The molecule has 0 aromatic carbocycles. The van der Waals surface area contributed by atoms with Crippen molar-refractivity contribution in [3.05, 3.63) is 0 Å². The summed E-state index contributed by atoms with van der Waals surface area (Å²) in [4.78, 5) is 0. The standard InChI is InChI=1S/C2N2O2S.H3N/c3-1-5-7-6-2-4;/h;1H3. The molecule has 0 fully saturated rings. The number of hydrogen-bond acceptors (Lipinski definition) is 6. The smallest absolute Gasteiger partial charge is 0.316 e. The van der Waals surface area contributed by atoms with Crippen LogP contribution in [0.3, 0.4) is 0 Å². The van der Waals surface area contributed by atoms with Crippen molar-refractivity contribution in [1.82, 2.24) is 6.15 Å². The van der Waals surface area contributed by atoms with E-state index in [1.807, 2.05) is 0 Å². The summed E-state index contributed by atoms with van der Waals surface area (Å²) in [5.41, 5.74) is 0. The third kappa shape index (κ3) is 8.86. The van der Waals surface area contributed by atoms with Gasteiger partial charge in [-0.1, -0.05) is 0 Å². The van der Waals surface area contributed by atoms with Crippen LogP contribution in [0.5, 0.6) is 0 Å². The summed E-state index contributed by atoms with van der Waals surface area (Å²) in [6.07, 6.45) is 2.58. The fourth-order valence-corrected chi connectivity index (χ4v) is 0.142. The Morgan fingerprint density at radius 2 is 1.50 bits per heavy atom. The van der Waals surface area contributed by atoms with Crippen molar-refractivity contribution >= 4 is 12.3 Å². The van der Waals surface area contributed by atoms with Crippen LogP contribution in [0.2, 0.25) is 0 Å². The maximum Gasteiger partial charge on any atom is 0.316 e. The van der Waals surface area contributed by atoms with Gasteiger partial charge in [0, 0.05) is 0 Å². The first kappa shape index (κ1) is 10.00. The molecule has 0 aliphatic rings. The van der Waals surface area contributed by atoms with Crippen molar-refractivity contribution in [1.29, 1.82) is 10.5 Å². The molecule has 0 saturated heterocycles. The second-order valence-corrected chi connectivity index (χ2v) is 0.887. The van der Waals surface area contributed by atoms with E-state index in [9.17, 15) is 0 Å². The third-order valence-electron chi connectivity index (χ3n) is 0.143. The van der Waals surface area contributed by atoms with E-state index in [0.29, 0.717) is 12.3 Å². The number of hydrogen-bond donors (Lipinski definition) is 1. The zero-order chi connectivity index (χ0) is 5.54. The molecule has 6 heteroatoms. The Morgan fingerprint density at radius 3 is 1.75 bits per heavy atom. The minimum atomic E-state index is 0. The van der Waals surface area contributed by atoms with Gasteiger partial charge in [-0.05, 0) is 0 Å². The first-order chi connectivity index (χ1) is 3.41. The van der Waals surface area contributed by atoms with Crippen LogP contribution >= 0.6 is 12.3 Å². The van der Waals surface area contributed by atoms with E-state index < -0.39 is 0 Å². The predicted octanol–water partition coefficient (Wildman–Crippen LogP) is 0.707. The van der Waals surface area contributed by atoms with Crippen LogP contribution < -0.4 is 6.15 Å². The Bertz CT molecular complexity index is 99.4. The Balaban J connectivity index is 0. The van der Waals surface area contributed by atoms with Crippen molar-refractivity contribution in [3.63, 3.8) is 0 Å². The molecular formula is C2H3N3O2S. The Labute approximate surface area is 50.8 Å². The first-order valence-corrected chi connectivity index (χ1v) is 1.86. The highest BCUT2D eigenvalue weighted by Crippen LogP contribution is 1.98. The van der Waals surface area contributed by atoms with E-state index in [1.54, 1.807) is 0 Å². The van der Waals surface area contributed by atoms with Gasteiger partial charge in [0.15, 0.2) is 0 Å². The molecule has 0 bridgehead atoms. The highest BCUT2D eigenvalue weighted by atomic mass is 32.2. The first-order valence-electron chi connectivity index (χ1n) is 1.19. The van der Waals surface area contributed by atoms with Gasteiger partial charge in [0.2, 0.25) is 0 Å². The molecule has 0 spiro atoms. The number of nitrogens with zero attached hydrogens (tertiary/aromatic N) is 2. The average molecular weight is 133 g/mol. The van der Waals surface area contributed by atoms with Crippen molar-refractivity contribution in [2.45, 2.75) is 0 Å². The highest BCUT2D eigenvalue weighted by Gasteiger charge is 1.80. The summed E-state index contributed by atoms with van der Waals surface area (Å²) in [5.74, 6) is 0. The van der Waals surface area contributed by atoms with Crippen LogP contribution in [-0.2, 0) is 8.37 Å². The van der Waals surface area contributed by atoms with Crippen molar-refractivity contribution in [3.8, 4) is 12.5 Å². The zero-order valence-corrected chi connectivity index (χ0v) is 4.64. The Morgan fingerprint density at radius 1 is 1.12 bits per heavy atom. The lowest BCUT2D eigenvalue weighted by Gasteiger charge is -1.79. The summed E-state index contributed by atoms with van der Waals surface area (Å²) < 4.78 is 7.70. The van der Waals surface area contributed by atoms with E-state index >= 15 is 0 Å². The summed E-state index contributed by atoms with van der Waals surface area (Å²) >= 11 is 0.331. The van der Waals surface area contributed by atoms with Crippen LogP contribution in [-0.4, -0.2) is 0 Å². The van der Waals surface area contributed by atoms with Crippen LogP contribution in [0.1, 0.15) is 0 Å². The van der Waals surface area contributed by atoms with Crippen molar-refractivity contribution in [2.75, 3.05) is 0 Å². The van der Waals surface area contributed by atoms with Crippen LogP contribution in [0, 0.1) is 23.0 Å². The molecule has 3 N–H and O–H groups in total. The summed E-state index contributed by atoms with van der Waals surface area (Å²) in [5, 5.41) is 15.2. The van der Waals surface area contributed by atoms with Gasteiger partial charge in [0.1, 0.15) is 0 Å². The van der Waals surface area contributed by atoms with E-state index in [0.717, 1.165) is 0 Å². The van der Waals surface area contributed by atoms with Crippen LogP contribution in [0.25, 0.3) is 0 Å². The van der Waals surface area contributed by atoms with E-state index in [-0.39, 0.29) is 6.15 Å². The van der Waals surface area contributed by atoms with E-state index in [2.05, 4.69) is 8.37 Å². The molecule has 0 heterocycles. The van der Waals surface area contributed by atoms with Crippen molar-refractivity contribution < 1.29 is 8.37 Å². The molecule has 0 aliphatic heterocycles. The summed E-state index contributed by atoms with van der Waals surface area (Å²) in [6, 6.07) is 0. The number of nitriles is 2. The second kappa shape index (κ2) is 9.31. The van der Waals surface area contributed by atoms with E-state index in [1.165, 1.54) is 12.5 Å². The number of rotatable bonds is 2. The molecule has 0 rings (SSSR count). The van der Waals surface area contributed by atoms with Crippen LogP contribution in [0.4, 0.5) is 0 Å². The van der Waals surface area contributed by atoms with Gasteiger partial charge in [-0.2, -0.15) is 0 Å². The zero-order valence-electron chi connectivity index (χ0n) is 3.83. The van der Waals surface area contributed by atoms with Gasteiger partial charge in [-0.15, -0.1) is 10.5 Å². The quantitative estimate of drug-likeness (QED) is 0.338. The topological polar surface area (TPSA) is 101 Å². The molecule has 8 heavy (non-hydrogen) atoms. The van der Waals surface area contributed by atoms with Gasteiger partial charge in [-0.3, -0.25) is 0 Å². The SMILES string of the molecule is N.N#COSOC#N. The minimum absolute atomic E-state index is 0. The van der Waals surface area contributed by atoms with Gasteiger partial charge in [0.05, 0.1) is 0 Å². The Hall–Kier alpha value is -1.11. The predicted molar refractivity (Wildman–Crippen MR) is 26.0 cm³/mol. The molecule has 0 aromatic rings. The molecular weight excluding hydrogens is 130 g/mol. The molecule has 0 unspecified atom stereocenters. The van der Waals surface area contributed by atoms with Gasteiger partial charge < -0.3 is 14.5 Å². The lowest BCUT2D eigenvalue weighted by atomic mass is 11.6. The van der Waals surface area contributed by atoms with E-state index in [4.69, 9.17) is 10.5 Å². The monoisotopic (exact) mass is 133 g/mol. The maximum atomic E-state index is 7.61. The molecule has 44 valence electrons. The second-order valence-electron chi connectivity index (χ2n) is 0.417. The lowest BCUT2D eigenvalue weighted by Crippen LogP contribution is -1.64. The molecule has 0 aliphatic carbocycles. The molecule has 5 nitrogen and oxygen atoms in total. The highest BCUT2D eigenvalue weighted by molar-refractivity contribution is 7.90. The third-order valence-corrected chi connectivity index (χ3v) is 0.428. The minimum Gasteiger partial charge on any atom is -0.344 e. The molecule has 0 aromatic heterocycles. The van der Waals surface area contributed by atoms with Gasteiger partial charge in [0.25, 0.3) is 0 Å². The summed E-state index contributed by atoms with van der Waals surface area (Å²) in [7, 11) is 0. The lowest BCUT2D eigenvalue weighted by molar-refractivity contribution is 0.485.